The molecule has 2 nitrogen and oxygen atoms in total. The lowest BCUT2D eigenvalue weighted by Crippen LogP contribution is -2.09. The molecule has 0 amide bonds. The molecule has 0 fully saturated rings. The van der Waals surface area contributed by atoms with E-state index in [9.17, 15) is 9.59 Å². The van der Waals surface area contributed by atoms with E-state index >= 15 is 0 Å². The van der Waals surface area contributed by atoms with E-state index in [1.807, 2.05) is 19.1 Å². The summed E-state index contributed by atoms with van der Waals surface area (Å²) < 4.78 is 0. The monoisotopic (exact) mass is 270 g/mol. The molecule has 0 aliphatic carbocycles. The van der Waals surface area contributed by atoms with Crippen LogP contribution in [0.3, 0.4) is 0 Å². The Hall–Kier alpha value is -1.87. The SMILES string of the molecule is Cc1ccc(C(=O)CC(=O)c2ccccc2S)cc1. The fourth-order valence-electron chi connectivity index (χ4n) is 1.79. The Labute approximate surface area is 117 Å². The van der Waals surface area contributed by atoms with Crippen LogP contribution in [-0.4, -0.2) is 11.6 Å². The molecular weight excluding hydrogens is 256 g/mol. The zero-order chi connectivity index (χ0) is 13.8. The number of benzene rings is 2. The van der Waals surface area contributed by atoms with E-state index in [0.29, 0.717) is 16.0 Å². The Morgan fingerprint density at radius 2 is 1.58 bits per heavy atom. The van der Waals surface area contributed by atoms with Gasteiger partial charge in [0.1, 0.15) is 0 Å². The van der Waals surface area contributed by atoms with Crippen LogP contribution in [0.25, 0.3) is 0 Å². The molecule has 0 N–H and O–H groups in total. The second kappa shape index (κ2) is 5.85. The minimum absolute atomic E-state index is 0.124. The number of thiol groups is 1. The molecule has 0 bridgehead atoms. The molecule has 2 aromatic rings. The van der Waals surface area contributed by atoms with Crippen molar-refractivity contribution >= 4 is 24.2 Å². The molecule has 0 aliphatic rings. The van der Waals surface area contributed by atoms with Gasteiger partial charge in [0.25, 0.3) is 0 Å². The second-order valence-electron chi connectivity index (χ2n) is 4.41. The van der Waals surface area contributed by atoms with Crippen molar-refractivity contribution in [1.82, 2.24) is 0 Å². The lowest BCUT2D eigenvalue weighted by Gasteiger charge is -2.04. The number of rotatable bonds is 4. The fourth-order valence-corrected chi connectivity index (χ4v) is 2.08. The Bertz CT molecular complexity index is 615. The lowest BCUT2D eigenvalue weighted by molar-refractivity contribution is 0.0892. The number of Topliss-reactive ketones (excluding diaryl/α,β-unsaturated/α-hetero) is 2. The van der Waals surface area contributed by atoms with Crippen molar-refractivity contribution < 1.29 is 9.59 Å². The maximum Gasteiger partial charge on any atom is 0.171 e. The third kappa shape index (κ3) is 3.32. The zero-order valence-electron chi connectivity index (χ0n) is 10.6. The fraction of sp³-hybridized carbons (Fsp3) is 0.125. The predicted octanol–water partition coefficient (Wildman–Crippen LogP) is 3.74. The van der Waals surface area contributed by atoms with Crippen LogP contribution in [0, 0.1) is 6.92 Å². The number of carbonyl (C=O) groups is 2. The summed E-state index contributed by atoms with van der Waals surface area (Å²) in [4.78, 5) is 24.7. The van der Waals surface area contributed by atoms with Crippen LogP contribution in [0.2, 0.25) is 0 Å². The van der Waals surface area contributed by atoms with Gasteiger partial charge in [-0.3, -0.25) is 9.59 Å². The van der Waals surface area contributed by atoms with Crippen molar-refractivity contribution in [2.24, 2.45) is 0 Å². The normalized spacial score (nSPS) is 10.2. The average molecular weight is 270 g/mol. The first kappa shape index (κ1) is 13.6. The van der Waals surface area contributed by atoms with Crippen molar-refractivity contribution in [3.8, 4) is 0 Å². The molecule has 0 saturated carbocycles. The summed E-state index contributed by atoms with van der Waals surface area (Å²) in [5, 5.41) is 0. The van der Waals surface area contributed by atoms with E-state index in [0.717, 1.165) is 5.56 Å². The molecule has 96 valence electrons. The van der Waals surface area contributed by atoms with Crippen molar-refractivity contribution in [2.75, 3.05) is 0 Å². The molecule has 0 unspecified atom stereocenters. The van der Waals surface area contributed by atoms with Gasteiger partial charge in [0.2, 0.25) is 0 Å². The van der Waals surface area contributed by atoms with E-state index in [-0.39, 0.29) is 18.0 Å². The molecular formula is C16H14O2S. The first-order chi connectivity index (χ1) is 9.08. The second-order valence-corrected chi connectivity index (χ2v) is 4.89. The highest BCUT2D eigenvalue weighted by Gasteiger charge is 2.15. The number of aryl methyl sites for hydroxylation is 1. The molecule has 19 heavy (non-hydrogen) atoms. The molecule has 0 atom stereocenters. The summed E-state index contributed by atoms with van der Waals surface area (Å²) in [5.41, 5.74) is 2.14. The Morgan fingerprint density at radius 3 is 2.21 bits per heavy atom. The molecule has 0 spiro atoms. The predicted molar refractivity (Wildman–Crippen MR) is 78.2 cm³/mol. The standard InChI is InChI=1S/C16H14O2S/c1-11-6-8-12(9-7-11)14(17)10-15(18)13-4-2-3-5-16(13)19/h2-9,19H,10H2,1H3. The maximum atomic E-state index is 12.0. The van der Waals surface area contributed by atoms with Crippen LogP contribution in [0.5, 0.6) is 0 Å². The molecule has 0 aliphatic heterocycles. The first-order valence-electron chi connectivity index (χ1n) is 5.99. The van der Waals surface area contributed by atoms with E-state index in [1.165, 1.54) is 0 Å². The lowest BCUT2D eigenvalue weighted by atomic mass is 10.0. The number of ketones is 2. The molecule has 2 aromatic carbocycles. The molecule has 0 radical (unpaired) electrons. The van der Waals surface area contributed by atoms with Crippen molar-refractivity contribution in [3.05, 3.63) is 65.2 Å². The summed E-state index contributed by atoms with van der Waals surface area (Å²) in [6.07, 6.45) is -0.124. The highest BCUT2D eigenvalue weighted by molar-refractivity contribution is 7.80. The highest BCUT2D eigenvalue weighted by atomic mass is 32.1. The van der Waals surface area contributed by atoms with Gasteiger partial charge >= 0.3 is 0 Å². The van der Waals surface area contributed by atoms with Crippen molar-refractivity contribution in [1.29, 1.82) is 0 Å². The Balaban J connectivity index is 2.13. The van der Waals surface area contributed by atoms with E-state index in [1.54, 1.807) is 36.4 Å². The molecule has 0 heterocycles. The summed E-state index contributed by atoms with van der Waals surface area (Å²) >= 11 is 4.23. The quantitative estimate of drug-likeness (QED) is 0.521. The summed E-state index contributed by atoms with van der Waals surface area (Å²) in [7, 11) is 0. The maximum absolute atomic E-state index is 12.0. The summed E-state index contributed by atoms with van der Waals surface area (Å²) in [5.74, 6) is -0.363. The molecule has 0 aromatic heterocycles. The van der Waals surface area contributed by atoms with Crippen molar-refractivity contribution in [2.45, 2.75) is 18.2 Å². The van der Waals surface area contributed by atoms with E-state index in [2.05, 4.69) is 12.6 Å². The summed E-state index contributed by atoms with van der Waals surface area (Å²) in [6, 6.07) is 14.2. The molecule has 3 heteroatoms. The van der Waals surface area contributed by atoms with Gasteiger partial charge in [-0.1, -0.05) is 48.0 Å². The van der Waals surface area contributed by atoms with Gasteiger partial charge in [0, 0.05) is 16.0 Å². The van der Waals surface area contributed by atoms with Crippen LogP contribution in [0.15, 0.2) is 53.4 Å². The highest BCUT2D eigenvalue weighted by Crippen LogP contribution is 2.16. The van der Waals surface area contributed by atoms with E-state index in [4.69, 9.17) is 0 Å². The first-order valence-corrected chi connectivity index (χ1v) is 6.43. The topological polar surface area (TPSA) is 34.1 Å². The minimum Gasteiger partial charge on any atom is -0.294 e. The molecule has 2 rings (SSSR count). The van der Waals surface area contributed by atoms with Crippen LogP contribution in [0.4, 0.5) is 0 Å². The largest absolute Gasteiger partial charge is 0.294 e. The van der Waals surface area contributed by atoms with Gasteiger partial charge in [-0.2, -0.15) is 0 Å². The van der Waals surface area contributed by atoms with Gasteiger partial charge in [0.05, 0.1) is 6.42 Å². The van der Waals surface area contributed by atoms with Crippen molar-refractivity contribution in [3.63, 3.8) is 0 Å². The zero-order valence-corrected chi connectivity index (χ0v) is 11.5. The van der Waals surface area contributed by atoms with Crippen LogP contribution >= 0.6 is 12.6 Å². The number of carbonyl (C=O) groups excluding carboxylic acids is 2. The Morgan fingerprint density at radius 1 is 0.947 bits per heavy atom. The number of hydrogen-bond donors (Lipinski definition) is 1. The van der Waals surface area contributed by atoms with Crippen LogP contribution in [-0.2, 0) is 0 Å². The van der Waals surface area contributed by atoms with Gasteiger partial charge in [-0.25, -0.2) is 0 Å². The van der Waals surface area contributed by atoms with Gasteiger partial charge in [-0.15, -0.1) is 12.6 Å². The third-order valence-electron chi connectivity index (χ3n) is 2.90. The Kier molecular flexibility index (Phi) is 4.17. The molecule has 0 saturated heterocycles. The third-order valence-corrected chi connectivity index (χ3v) is 3.29. The van der Waals surface area contributed by atoms with Gasteiger partial charge in [0.15, 0.2) is 11.6 Å². The van der Waals surface area contributed by atoms with Crippen LogP contribution in [0.1, 0.15) is 32.7 Å². The minimum atomic E-state index is -0.198. The summed E-state index contributed by atoms with van der Waals surface area (Å²) in [6.45, 7) is 1.95. The smallest absolute Gasteiger partial charge is 0.171 e. The average Bonchev–Trinajstić information content (AvgIpc) is 2.39. The van der Waals surface area contributed by atoms with E-state index < -0.39 is 0 Å². The number of hydrogen-bond acceptors (Lipinski definition) is 3. The van der Waals surface area contributed by atoms with Gasteiger partial charge in [-0.05, 0) is 13.0 Å². The van der Waals surface area contributed by atoms with Gasteiger partial charge < -0.3 is 0 Å². The van der Waals surface area contributed by atoms with Crippen LogP contribution < -0.4 is 0 Å².